The first-order chi connectivity index (χ1) is 19.7. The number of halogens is 2. The first-order valence-corrected chi connectivity index (χ1v) is 13.9. The summed E-state index contributed by atoms with van der Waals surface area (Å²) in [5.74, 6) is -0.265. The number of nitrogens with one attached hydrogen (secondary N) is 2. The minimum absolute atomic E-state index is 0.149. The van der Waals surface area contributed by atoms with Crippen molar-refractivity contribution < 1.29 is 33.4 Å². The van der Waals surface area contributed by atoms with Crippen molar-refractivity contribution in [1.29, 1.82) is 0 Å². The highest BCUT2D eigenvalue weighted by Crippen LogP contribution is 2.34. The summed E-state index contributed by atoms with van der Waals surface area (Å²) in [4.78, 5) is 51.2. The van der Waals surface area contributed by atoms with E-state index >= 15 is 0 Å². The monoisotopic (exact) mass is 659 g/mol. The molecule has 1 fully saturated rings. The van der Waals surface area contributed by atoms with Crippen LogP contribution in [0.1, 0.15) is 5.56 Å². The summed E-state index contributed by atoms with van der Waals surface area (Å²) in [7, 11) is 2.97. The molecule has 0 radical (unpaired) electrons. The van der Waals surface area contributed by atoms with Gasteiger partial charge in [-0.2, -0.15) is 0 Å². The molecule has 3 aromatic carbocycles. The maximum Gasteiger partial charge on any atom is 0.294 e. The molecule has 1 aliphatic rings. The van der Waals surface area contributed by atoms with Crippen LogP contribution in [0.2, 0.25) is 5.02 Å². The second-order valence-electron chi connectivity index (χ2n) is 8.42. The van der Waals surface area contributed by atoms with Crippen molar-refractivity contribution in [2.75, 3.05) is 38.0 Å². The molecule has 0 unspecified atom stereocenters. The summed E-state index contributed by atoms with van der Waals surface area (Å²) in [5.41, 5.74) is 1.57. The third-order valence-electron chi connectivity index (χ3n) is 5.60. The number of carbonyl (C=O) groups excluding carboxylic acids is 4. The van der Waals surface area contributed by atoms with E-state index in [1.54, 1.807) is 60.7 Å². The number of amides is 4. The smallest absolute Gasteiger partial charge is 0.294 e. The second kappa shape index (κ2) is 13.6. The number of hydrogen-bond donors (Lipinski definition) is 2. The van der Waals surface area contributed by atoms with E-state index in [4.69, 9.17) is 25.8 Å². The Bertz CT molecular complexity index is 1530. The van der Waals surface area contributed by atoms with Gasteiger partial charge in [0.1, 0.15) is 12.3 Å². The van der Waals surface area contributed by atoms with E-state index in [2.05, 4.69) is 26.6 Å². The fraction of sp³-hybridized carbons (Fsp3) is 0.143. The van der Waals surface area contributed by atoms with Gasteiger partial charge in [-0.05, 0) is 93.9 Å². The molecule has 0 aliphatic carbocycles. The molecule has 4 rings (SSSR count). The molecule has 3 aromatic rings. The summed E-state index contributed by atoms with van der Waals surface area (Å²) >= 11 is 10.1. The Morgan fingerprint density at radius 1 is 0.927 bits per heavy atom. The van der Waals surface area contributed by atoms with Crippen LogP contribution in [-0.2, 0) is 14.4 Å². The summed E-state index contributed by atoms with van der Waals surface area (Å²) in [5, 5.41) is 5.24. The minimum atomic E-state index is -0.589. The van der Waals surface area contributed by atoms with E-state index in [0.717, 1.165) is 16.7 Å². The van der Waals surface area contributed by atoms with Gasteiger partial charge in [-0.15, -0.1) is 0 Å². The van der Waals surface area contributed by atoms with Gasteiger partial charge in [-0.1, -0.05) is 17.7 Å². The molecular weight excluding hydrogens is 638 g/mol. The fourth-order valence-corrected chi connectivity index (χ4v) is 4.88. The van der Waals surface area contributed by atoms with Crippen LogP contribution in [0.15, 0.2) is 70.0 Å². The highest BCUT2D eigenvalue weighted by atomic mass is 79.9. The molecule has 1 heterocycles. The maximum absolute atomic E-state index is 12.9. The number of thioether (sulfide) groups is 1. The largest absolute Gasteiger partial charge is 0.497 e. The molecule has 212 valence electrons. The average molecular weight is 661 g/mol. The third-order valence-corrected chi connectivity index (χ3v) is 7.74. The van der Waals surface area contributed by atoms with Gasteiger partial charge in [-0.25, -0.2) is 0 Å². The zero-order chi connectivity index (χ0) is 29.5. The topological polar surface area (TPSA) is 123 Å². The molecule has 0 saturated carbocycles. The molecule has 0 bridgehead atoms. The summed E-state index contributed by atoms with van der Waals surface area (Å²) in [6, 6.07) is 16.5. The van der Waals surface area contributed by atoms with Gasteiger partial charge in [0.15, 0.2) is 18.1 Å². The summed E-state index contributed by atoms with van der Waals surface area (Å²) < 4.78 is 16.8. The van der Waals surface area contributed by atoms with Crippen molar-refractivity contribution in [2.45, 2.75) is 0 Å². The van der Waals surface area contributed by atoms with Crippen LogP contribution in [0.25, 0.3) is 6.08 Å². The molecule has 41 heavy (non-hydrogen) atoms. The number of carbonyl (C=O) groups is 4. The number of benzene rings is 3. The van der Waals surface area contributed by atoms with Crippen molar-refractivity contribution >= 4 is 79.7 Å². The molecule has 1 saturated heterocycles. The van der Waals surface area contributed by atoms with Crippen LogP contribution in [0, 0.1) is 0 Å². The zero-order valence-electron chi connectivity index (χ0n) is 21.7. The molecule has 4 amide bonds. The maximum atomic E-state index is 12.9. The third kappa shape index (κ3) is 7.81. The predicted molar refractivity (Wildman–Crippen MR) is 161 cm³/mol. The number of anilines is 2. The highest BCUT2D eigenvalue weighted by Gasteiger charge is 2.36. The first kappa shape index (κ1) is 30.0. The lowest BCUT2D eigenvalue weighted by Crippen LogP contribution is -2.36. The molecule has 0 aromatic heterocycles. The van der Waals surface area contributed by atoms with Crippen molar-refractivity contribution in [1.82, 2.24) is 4.90 Å². The Kier molecular flexibility index (Phi) is 9.92. The van der Waals surface area contributed by atoms with Crippen LogP contribution in [0.3, 0.4) is 0 Å². The van der Waals surface area contributed by atoms with Gasteiger partial charge in [0, 0.05) is 15.8 Å². The van der Waals surface area contributed by atoms with Crippen LogP contribution in [-0.4, -0.2) is 55.2 Å². The van der Waals surface area contributed by atoms with Gasteiger partial charge in [0.2, 0.25) is 5.91 Å². The normalized spacial score (nSPS) is 13.8. The lowest BCUT2D eigenvalue weighted by atomic mass is 10.2. The Hall–Kier alpha value is -4.00. The molecule has 10 nitrogen and oxygen atoms in total. The van der Waals surface area contributed by atoms with Crippen molar-refractivity contribution in [2.24, 2.45) is 0 Å². The van der Waals surface area contributed by atoms with Crippen LogP contribution >= 0.6 is 39.3 Å². The van der Waals surface area contributed by atoms with E-state index in [-0.39, 0.29) is 11.5 Å². The Labute approximate surface area is 253 Å². The SMILES string of the molecule is COc1ccc(NC(=O)CN2C(=O)S/C(=C/c3ccc(OCC(=O)Nc4ccc(Br)c(Cl)c4)c(OC)c3)C2=O)cc1. The van der Waals surface area contributed by atoms with E-state index in [1.807, 2.05) is 0 Å². The predicted octanol–water partition coefficient (Wildman–Crippen LogP) is 5.81. The number of ether oxygens (including phenoxy) is 3. The zero-order valence-corrected chi connectivity index (χ0v) is 24.9. The Balaban J connectivity index is 1.36. The standard InChI is InChI=1S/C28H23BrClN3O7S/c1-38-19-7-4-17(5-8-19)31-25(34)14-33-27(36)24(41-28(33)37)12-16-3-10-22(23(11-16)39-2)40-15-26(35)32-18-6-9-20(29)21(30)13-18/h3-13H,14-15H2,1-2H3,(H,31,34)(H,32,35)/b24-12+. The van der Waals surface area contributed by atoms with Gasteiger partial charge in [-0.3, -0.25) is 24.1 Å². The summed E-state index contributed by atoms with van der Waals surface area (Å²) in [6.45, 7) is -0.723. The van der Waals surface area contributed by atoms with E-state index in [9.17, 15) is 19.2 Å². The van der Waals surface area contributed by atoms with E-state index < -0.39 is 29.5 Å². The quantitative estimate of drug-likeness (QED) is 0.261. The summed E-state index contributed by atoms with van der Waals surface area (Å²) in [6.07, 6.45) is 1.52. The lowest BCUT2D eigenvalue weighted by molar-refractivity contribution is -0.127. The molecule has 0 atom stereocenters. The molecule has 13 heteroatoms. The second-order valence-corrected chi connectivity index (χ2v) is 10.7. The number of methoxy groups -OCH3 is 2. The first-order valence-electron chi connectivity index (χ1n) is 11.9. The van der Waals surface area contributed by atoms with Crippen LogP contribution in [0.5, 0.6) is 17.2 Å². The van der Waals surface area contributed by atoms with Crippen molar-refractivity contribution in [3.05, 3.63) is 80.6 Å². The van der Waals surface area contributed by atoms with Gasteiger partial charge < -0.3 is 24.8 Å². The lowest BCUT2D eigenvalue weighted by Gasteiger charge is -2.13. The highest BCUT2D eigenvalue weighted by molar-refractivity contribution is 9.10. The molecule has 0 spiro atoms. The number of hydrogen-bond acceptors (Lipinski definition) is 8. The van der Waals surface area contributed by atoms with Crippen molar-refractivity contribution in [3.8, 4) is 17.2 Å². The number of imide groups is 1. The molecular formula is C28H23BrClN3O7S. The number of nitrogens with zero attached hydrogens (tertiary/aromatic N) is 1. The molecule has 1 aliphatic heterocycles. The Morgan fingerprint density at radius 3 is 2.32 bits per heavy atom. The van der Waals surface area contributed by atoms with E-state index in [1.165, 1.54) is 20.3 Å². The van der Waals surface area contributed by atoms with Gasteiger partial charge in [0.05, 0.1) is 24.1 Å². The Morgan fingerprint density at radius 2 is 1.63 bits per heavy atom. The van der Waals surface area contributed by atoms with E-state index in [0.29, 0.717) is 43.7 Å². The van der Waals surface area contributed by atoms with Gasteiger partial charge in [0.25, 0.3) is 17.1 Å². The molecule has 2 N–H and O–H groups in total. The van der Waals surface area contributed by atoms with Crippen LogP contribution < -0.4 is 24.8 Å². The average Bonchev–Trinajstić information content (AvgIpc) is 3.21. The van der Waals surface area contributed by atoms with Crippen molar-refractivity contribution in [3.63, 3.8) is 0 Å². The van der Waals surface area contributed by atoms with Crippen LogP contribution in [0.4, 0.5) is 16.2 Å². The fourth-order valence-electron chi connectivity index (χ4n) is 3.61. The number of rotatable bonds is 10. The van der Waals surface area contributed by atoms with Gasteiger partial charge >= 0.3 is 0 Å². The minimum Gasteiger partial charge on any atom is -0.497 e.